The minimum Gasteiger partial charge on any atom is -0.497 e. The summed E-state index contributed by atoms with van der Waals surface area (Å²) >= 11 is 0. The molecule has 1 aliphatic rings. The Morgan fingerprint density at radius 2 is 2.14 bits per heavy atom. The van der Waals surface area contributed by atoms with Gasteiger partial charge < -0.3 is 9.64 Å². The summed E-state index contributed by atoms with van der Waals surface area (Å²) in [6, 6.07) is 8.12. The minimum absolute atomic E-state index is 0.0564. The summed E-state index contributed by atoms with van der Waals surface area (Å²) in [6.07, 6.45) is 3.05. The maximum Gasteiger partial charge on any atom is 0.241 e. The third-order valence-electron chi connectivity index (χ3n) is 4.21. The fraction of sp³-hybridized carbons (Fsp3) is 0.588. The van der Waals surface area contributed by atoms with Crippen molar-refractivity contribution >= 4 is 5.91 Å². The van der Waals surface area contributed by atoms with E-state index in [-0.39, 0.29) is 24.2 Å². The van der Waals surface area contributed by atoms with Gasteiger partial charge in [-0.05, 0) is 37.5 Å². The molecule has 1 fully saturated rings. The molecule has 1 heterocycles. The summed E-state index contributed by atoms with van der Waals surface area (Å²) in [6.45, 7) is 6.26. The molecular formula is C17H26N2O2. The highest BCUT2D eigenvalue weighted by Crippen LogP contribution is 2.31. The quantitative estimate of drug-likeness (QED) is 0.875. The van der Waals surface area contributed by atoms with Gasteiger partial charge >= 0.3 is 0 Å². The number of nitrogens with one attached hydrogen (secondary N) is 1. The van der Waals surface area contributed by atoms with Crippen LogP contribution < -0.4 is 10.1 Å². The van der Waals surface area contributed by atoms with E-state index < -0.39 is 0 Å². The molecule has 1 aromatic carbocycles. The number of methoxy groups -OCH3 is 1. The van der Waals surface area contributed by atoms with E-state index in [9.17, 15) is 4.79 Å². The Bertz CT molecular complexity index is 489. The van der Waals surface area contributed by atoms with E-state index in [0.717, 1.165) is 30.6 Å². The van der Waals surface area contributed by atoms with Crippen LogP contribution in [0.2, 0.25) is 0 Å². The Balaban J connectivity index is 2.32. The van der Waals surface area contributed by atoms with E-state index in [1.165, 1.54) is 0 Å². The molecule has 1 saturated heterocycles. The maximum atomic E-state index is 12.6. The van der Waals surface area contributed by atoms with Crippen LogP contribution in [-0.4, -0.2) is 30.0 Å². The van der Waals surface area contributed by atoms with Gasteiger partial charge in [0.15, 0.2) is 0 Å². The number of carbonyl (C=O) groups excluding carboxylic acids is 1. The van der Waals surface area contributed by atoms with Gasteiger partial charge in [-0.15, -0.1) is 0 Å². The molecule has 0 bridgehead atoms. The first-order chi connectivity index (χ1) is 10.1. The lowest BCUT2D eigenvalue weighted by atomic mass is 10.0. The van der Waals surface area contributed by atoms with Crippen LogP contribution in [0.25, 0.3) is 0 Å². The predicted molar refractivity (Wildman–Crippen MR) is 84.2 cm³/mol. The van der Waals surface area contributed by atoms with Crippen LogP contribution >= 0.6 is 0 Å². The summed E-state index contributed by atoms with van der Waals surface area (Å²) in [5, 5.41) is 3.42. The van der Waals surface area contributed by atoms with Crippen LogP contribution in [0, 0.1) is 0 Å². The molecule has 1 aliphatic heterocycles. The van der Waals surface area contributed by atoms with E-state index in [2.05, 4.69) is 25.2 Å². The lowest BCUT2D eigenvalue weighted by molar-refractivity contribution is -0.132. The number of rotatable bonds is 6. The van der Waals surface area contributed by atoms with Crippen LogP contribution in [-0.2, 0) is 4.79 Å². The van der Waals surface area contributed by atoms with E-state index in [1.807, 2.05) is 30.0 Å². The van der Waals surface area contributed by atoms with Gasteiger partial charge in [0, 0.05) is 6.04 Å². The third-order valence-corrected chi connectivity index (χ3v) is 4.21. The van der Waals surface area contributed by atoms with Crippen molar-refractivity contribution in [3.8, 4) is 5.75 Å². The van der Waals surface area contributed by atoms with E-state index >= 15 is 0 Å². The minimum atomic E-state index is -0.132. The van der Waals surface area contributed by atoms with Gasteiger partial charge in [0.1, 0.15) is 11.9 Å². The van der Waals surface area contributed by atoms with Gasteiger partial charge in [-0.2, -0.15) is 0 Å². The fourth-order valence-corrected chi connectivity index (χ4v) is 3.07. The molecule has 116 valence electrons. The molecule has 0 aromatic heterocycles. The molecule has 4 nitrogen and oxygen atoms in total. The van der Waals surface area contributed by atoms with Crippen molar-refractivity contribution in [2.75, 3.05) is 7.11 Å². The van der Waals surface area contributed by atoms with Crippen LogP contribution in [0.1, 0.15) is 51.8 Å². The molecule has 2 rings (SSSR count). The van der Waals surface area contributed by atoms with Crippen LogP contribution in [0.15, 0.2) is 24.3 Å². The number of hydrogen-bond donors (Lipinski definition) is 1. The first-order valence-corrected chi connectivity index (χ1v) is 7.84. The molecule has 0 saturated carbocycles. The first-order valence-electron chi connectivity index (χ1n) is 7.84. The molecule has 4 heteroatoms. The second kappa shape index (κ2) is 6.94. The zero-order valence-corrected chi connectivity index (χ0v) is 13.4. The van der Waals surface area contributed by atoms with Crippen molar-refractivity contribution in [3.63, 3.8) is 0 Å². The van der Waals surface area contributed by atoms with Gasteiger partial charge in [-0.25, -0.2) is 0 Å². The van der Waals surface area contributed by atoms with Crippen molar-refractivity contribution in [1.29, 1.82) is 0 Å². The van der Waals surface area contributed by atoms with Crippen molar-refractivity contribution in [2.24, 2.45) is 0 Å². The second-order valence-corrected chi connectivity index (χ2v) is 5.66. The number of benzene rings is 1. The van der Waals surface area contributed by atoms with Gasteiger partial charge in [0.05, 0.1) is 13.2 Å². The normalized spacial score (nSPS) is 23.4. The highest BCUT2D eigenvalue weighted by Gasteiger charge is 2.40. The van der Waals surface area contributed by atoms with Gasteiger partial charge in [0.25, 0.3) is 0 Å². The number of hydrogen-bond acceptors (Lipinski definition) is 3. The lowest BCUT2D eigenvalue weighted by Gasteiger charge is -2.32. The highest BCUT2D eigenvalue weighted by molar-refractivity contribution is 5.84. The topological polar surface area (TPSA) is 41.6 Å². The molecule has 0 aliphatic carbocycles. The number of nitrogens with zero attached hydrogens (tertiary/aromatic N) is 1. The van der Waals surface area contributed by atoms with E-state index in [4.69, 9.17) is 4.74 Å². The Kier molecular flexibility index (Phi) is 5.23. The van der Waals surface area contributed by atoms with Gasteiger partial charge in [0.2, 0.25) is 5.91 Å². The second-order valence-electron chi connectivity index (χ2n) is 5.66. The van der Waals surface area contributed by atoms with Gasteiger partial charge in [-0.1, -0.05) is 32.4 Å². The molecule has 1 N–H and O–H groups in total. The predicted octanol–water partition coefficient (Wildman–Crippen LogP) is 3.09. The van der Waals surface area contributed by atoms with Crippen LogP contribution in [0.3, 0.4) is 0 Å². The highest BCUT2D eigenvalue weighted by atomic mass is 16.5. The number of amides is 1. The standard InChI is InChI=1S/C17H26N2O2/c1-5-8-14(6-2)19-16(18-12(3)17(19)20)13-9-7-10-15(11-13)21-4/h7,9-12,14,16,18H,5-6,8H2,1-4H3. The summed E-state index contributed by atoms with van der Waals surface area (Å²) in [7, 11) is 1.67. The molecule has 3 atom stereocenters. The Morgan fingerprint density at radius 1 is 1.38 bits per heavy atom. The molecule has 1 aromatic rings. The van der Waals surface area contributed by atoms with Crippen LogP contribution in [0.4, 0.5) is 0 Å². The van der Waals surface area contributed by atoms with Crippen molar-refractivity contribution < 1.29 is 9.53 Å². The molecule has 21 heavy (non-hydrogen) atoms. The van der Waals surface area contributed by atoms with Crippen molar-refractivity contribution in [1.82, 2.24) is 10.2 Å². The zero-order valence-electron chi connectivity index (χ0n) is 13.4. The number of carbonyl (C=O) groups is 1. The maximum absolute atomic E-state index is 12.6. The van der Waals surface area contributed by atoms with Crippen LogP contribution in [0.5, 0.6) is 5.75 Å². The van der Waals surface area contributed by atoms with E-state index in [0.29, 0.717) is 0 Å². The summed E-state index contributed by atoms with van der Waals surface area (Å²) in [5.41, 5.74) is 1.08. The van der Waals surface area contributed by atoms with Crippen molar-refractivity contribution in [2.45, 2.75) is 58.3 Å². The Morgan fingerprint density at radius 3 is 2.76 bits per heavy atom. The summed E-state index contributed by atoms with van der Waals surface area (Å²) in [4.78, 5) is 14.6. The monoisotopic (exact) mass is 290 g/mol. The number of ether oxygens (including phenoxy) is 1. The first kappa shape index (κ1) is 15.8. The summed E-state index contributed by atoms with van der Waals surface area (Å²) in [5.74, 6) is 1.02. The van der Waals surface area contributed by atoms with E-state index in [1.54, 1.807) is 7.11 Å². The largest absolute Gasteiger partial charge is 0.497 e. The molecule has 3 unspecified atom stereocenters. The SMILES string of the molecule is CCCC(CC)N1C(=O)C(C)NC1c1cccc(OC)c1. The van der Waals surface area contributed by atoms with Crippen molar-refractivity contribution in [3.05, 3.63) is 29.8 Å². The molecular weight excluding hydrogens is 264 g/mol. The zero-order chi connectivity index (χ0) is 15.4. The molecule has 0 radical (unpaired) electrons. The Hall–Kier alpha value is -1.55. The average molecular weight is 290 g/mol. The Labute approximate surface area is 127 Å². The molecule has 1 amide bonds. The molecule has 0 spiro atoms. The summed E-state index contributed by atoms with van der Waals surface area (Å²) < 4.78 is 5.31. The third kappa shape index (κ3) is 3.21. The average Bonchev–Trinajstić information content (AvgIpc) is 2.81. The fourth-order valence-electron chi connectivity index (χ4n) is 3.07. The van der Waals surface area contributed by atoms with Gasteiger partial charge in [-0.3, -0.25) is 10.1 Å². The lowest BCUT2D eigenvalue weighted by Crippen LogP contribution is -2.39. The smallest absolute Gasteiger partial charge is 0.241 e.